The molecule has 2 atom stereocenters. The normalized spacial score (nSPS) is 24.2. The van der Waals surface area contributed by atoms with Gasteiger partial charge in [-0.1, -0.05) is 13.8 Å². The average molecular weight is 258 g/mol. The monoisotopic (exact) mass is 258 g/mol. The Labute approximate surface area is 111 Å². The fraction of sp³-hybridized carbons (Fsp3) is 1.00. The summed E-state index contributed by atoms with van der Waals surface area (Å²) in [5.41, 5.74) is 6.55. The second-order valence-corrected chi connectivity index (χ2v) is 6.43. The standard InChI is InChI=1S/C14H30N2O2/c1-14(2)7-5-11(6-8-14)16(3)13(9-17)12(15)10-18-4/h11-13,17H,5-10,15H2,1-4H3. The topological polar surface area (TPSA) is 58.7 Å². The van der Waals surface area contributed by atoms with Crippen molar-refractivity contribution in [1.29, 1.82) is 0 Å². The van der Waals surface area contributed by atoms with Crippen LogP contribution >= 0.6 is 0 Å². The molecule has 0 bridgehead atoms. The summed E-state index contributed by atoms with van der Waals surface area (Å²) < 4.78 is 5.09. The van der Waals surface area contributed by atoms with Crippen LogP contribution in [0.1, 0.15) is 39.5 Å². The molecule has 18 heavy (non-hydrogen) atoms. The van der Waals surface area contributed by atoms with E-state index in [1.807, 2.05) is 0 Å². The number of methoxy groups -OCH3 is 1. The lowest BCUT2D eigenvalue weighted by molar-refractivity contribution is 0.0360. The van der Waals surface area contributed by atoms with E-state index in [9.17, 15) is 5.11 Å². The first-order valence-corrected chi connectivity index (χ1v) is 6.98. The Morgan fingerprint density at radius 2 is 1.94 bits per heavy atom. The van der Waals surface area contributed by atoms with Crippen LogP contribution in [0.4, 0.5) is 0 Å². The zero-order valence-corrected chi connectivity index (χ0v) is 12.4. The van der Waals surface area contributed by atoms with Crippen molar-refractivity contribution in [3.8, 4) is 0 Å². The third kappa shape index (κ3) is 4.19. The van der Waals surface area contributed by atoms with Gasteiger partial charge in [-0.05, 0) is 38.1 Å². The minimum absolute atomic E-state index is 0.00355. The maximum atomic E-state index is 9.55. The highest BCUT2D eigenvalue weighted by Crippen LogP contribution is 2.37. The molecule has 0 amide bonds. The Balaban J connectivity index is 2.54. The summed E-state index contributed by atoms with van der Waals surface area (Å²) in [7, 11) is 3.73. The fourth-order valence-corrected chi connectivity index (χ4v) is 2.93. The highest BCUT2D eigenvalue weighted by atomic mass is 16.5. The molecule has 1 saturated carbocycles. The van der Waals surface area contributed by atoms with E-state index in [1.165, 1.54) is 25.7 Å². The van der Waals surface area contributed by atoms with Crippen molar-refractivity contribution in [3.05, 3.63) is 0 Å². The van der Waals surface area contributed by atoms with Crippen molar-refractivity contribution in [2.45, 2.75) is 57.7 Å². The molecule has 0 spiro atoms. The van der Waals surface area contributed by atoms with Crippen LogP contribution in [0.15, 0.2) is 0 Å². The van der Waals surface area contributed by atoms with Crippen molar-refractivity contribution in [2.24, 2.45) is 11.1 Å². The highest BCUT2D eigenvalue weighted by Gasteiger charge is 2.32. The molecule has 0 aliphatic heterocycles. The number of hydrogen-bond acceptors (Lipinski definition) is 4. The number of ether oxygens (including phenoxy) is 1. The summed E-state index contributed by atoms with van der Waals surface area (Å²) in [6.07, 6.45) is 4.89. The van der Waals surface area contributed by atoms with E-state index in [1.54, 1.807) is 7.11 Å². The number of rotatable bonds is 6. The van der Waals surface area contributed by atoms with Gasteiger partial charge in [0, 0.05) is 19.2 Å². The lowest BCUT2D eigenvalue weighted by Crippen LogP contribution is -2.54. The number of hydrogen-bond donors (Lipinski definition) is 2. The lowest BCUT2D eigenvalue weighted by atomic mass is 9.75. The number of likely N-dealkylation sites (N-methyl/N-ethyl adjacent to an activating group) is 1. The maximum Gasteiger partial charge on any atom is 0.0629 e. The van der Waals surface area contributed by atoms with E-state index >= 15 is 0 Å². The number of nitrogens with two attached hydrogens (primary N) is 1. The molecule has 2 unspecified atom stereocenters. The second-order valence-electron chi connectivity index (χ2n) is 6.43. The maximum absolute atomic E-state index is 9.55. The molecule has 3 N–H and O–H groups in total. The molecule has 0 radical (unpaired) electrons. The molecule has 1 aliphatic rings. The molecule has 0 aromatic heterocycles. The van der Waals surface area contributed by atoms with E-state index in [0.717, 1.165) is 0 Å². The summed E-state index contributed by atoms with van der Waals surface area (Å²) in [4.78, 5) is 2.26. The Kier molecular flexibility index (Phi) is 6.05. The van der Waals surface area contributed by atoms with Crippen LogP contribution in [0.3, 0.4) is 0 Å². The van der Waals surface area contributed by atoms with Crippen LogP contribution in [-0.2, 0) is 4.74 Å². The number of aliphatic hydroxyl groups is 1. The van der Waals surface area contributed by atoms with Crippen molar-refractivity contribution < 1.29 is 9.84 Å². The van der Waals surface area contributed by atoms with Gasteiger partial charge in [0.15, 0.2) is 0 Å². The first kappa shape index (κ1) is 15.9. The molecule has 1 aliphatic carbocycles. The van der Waals surface area contributed by atoms with Crippen LogP contribution < -0.4 is 5.73 Å². The van der Waals surface area contributed by atoms with E-state index in [-0.39, 0.29) is 18.7 Å². The Hall–Kier alpha value is -0.160. The average Bonchev–Trinajstić information content (AvgIpc) is 2.30. The lowest BCUT2D eigenvalue weighted by Gasteiger charge is -2.42. The van der Waals surface area contributed by atoms with Crippen molar-refractivity contribution in [3.63, 3.8) is 0 Å². The third-order valence-electron chi connectivity index (χ3n) is 4.45. The van der Waals surface area contributed by atoms with E-state index in [4.69, 9.17) is 10.5 Å². The van der Waals surface area contributed by atoms with Gasteiger partial charge in [0.1, 0.15) is 0 Å². The first-order chi connectivity index (χ1) is 8.41. The van der Waals surface area contributed by atoms with Crippen molar-refractivity contribution in [2.75, 3.05) is 27.4 Å². The van der Waals surface area contributed by atoms with Gasteiger partial charge in [-0.15, -0.1) is 0 Å². The molecule has 1 rings (SSSR count). The molecule has 1 fully saturated rings. The summed E-state index contributed by atoms with van der Waals surface area (Å²) in [6, 6.07) is 0.411. The van der Waals surface area contributed by atoms with Gasteiger partial charge < -0.3 is 15.6 Å². The highest BCUT2D eigenvalue weighted by molar-refractivity contribution is 4.88. The predicted molar refractivity (Wildman–Crippen MR) is 74.5 cm³/mol. The number of nitrogens with zero attached hydrogens (tertiary/aromatic N) is 1. The molecule has 0 saturated heterocycles. The van der Waals surface area contributed by atoms with Crippen LogP contribution in [0, 0.1) is 5.41 Å². The Morgan fingerprint density at radius 1 is 1.39 bits per heavy atom. The van der Waals surface area contributed by atoms with Crippen LogP contribution in [0.2, 0.25) is 0 Å². The minimum Gasteiger partial charge on any atom is -0.395 e. The SMILES string of the molecule is COCC(N)C(CO)N(C)C1CCC(C)(C)CC1. The summed E-state index contributed by atoms with van der Waals surface area (Å²) >= 11 is 0. The molecule has 108 valence electrons. The predicted octanol–water partition coefficient (Wildman–Crippen LogP) is 1.22. The Bertz CT molecular complexity index is 236. The van der Waals surface area contributed by atoms with Crippen LogP contribution in [-0.4, -0.2) is 55.5 Å². The van der Waals surface area contributed by atoms with Gasteiger partial charge in [0.25, 0.3) is 0 Å². The molecule has 0 aromatic carbocycles. The third-order valence-corrected chi connectivity index (χ3v) is 4.45. The summed E-state index contributed by atoms with van der Waals surface area (Å²) in [5.74, 6) is 0. The largest absolute Gasteiger partial charge is 0.395 e. The van der Waals surface area contributed by atoms with Crippen molar-refractivity contribution >= 4 is 0 Å². The van der Waals surface area contributed by atoms with Gasteiger partial charge >= 0.3 is 0 Å². The molecule has 0 aromatic rings. The zero-order chi connectivity index (χ0) is 13.8. The zero-order valence-electron chi connectivity index (χ0n) is 12.4. The molecule has 4 nitrogen and oxygen atoms in total. The van der Waals surface area contributed by atoms with Crippen molar-refractivity contribution in [1.82, 2.24) is 4.90 Å². The van der Waals surface area contributed by atoms with Crippen LogP contribution in [0.5, 0.6) is 0 Å². The van der Waals surface area contributed by atoms with Gasteiger partial charge in [0.05, 0.1) is 19.3 Å². The summed E-state index contributed by atoms with van der Waals surface area (Å²) in [5, 5.41) is 9.55. The quantitative estimate of drug-likeness (QED) is 0.752. The Morgan fingerprint density at radius 3 is 2.39 bits per heavy atom. The van der Waals surface area contributed by atoms with E-state index in [0.29, 0.717) is 18.1 Å². The van der Waals surface area contributed by atoms with Gasteiger partial charge in [-0.2, -0.15) is 0 Å². The van der Waals surface area contributed by atoms with E-state index in [2.05, 4.69) is 25.8 Å². The summed E-state index contributed by atoms with van der Waals surface area (Å²) in [6.45, 7) is 5.27. The smallest absolute Gasteiger partial charge is 0.0629 e. The molecular weight excluding hydrogens is 228 g/mol. The fourth-order valence-electron chi connectivity index (χ4n) is 2.93. The van der Waals surface area contributed by atoms with Gasteiger partial charge in [-0.3, -0.25) is 4.90 Å². The van der Waals surface area contributed by atoms with Gasteiger partial charge in [-0.25, -0.2) is 0 Å². The van der Waals surface area contributed by atoms with Crippen LogP contribution in [0.25, 0.3) is 0 Å². The molecular formula is C14H30N2O2. The molecule has 4 heteroatoms. The number of aliphatic hydroxyl groups excluding tert-OH is 1. The minimum atomic E-state index is -0.125. The molecule has 0 heterocycles. The van der Waals surface area contributed by atoms with E-state index < -0.39 is 0 Å². The first-order valence-electron chi connectivity index (χ1n) is 6.98. The van der Waals surface area contributed by atoms with Gasteiger partial charge in [0.2, 0.25) is 0 Å². The second kappa shape index (κ2) is 6.85.